The first kappa shape index (κ1) is 16.0. The Balaban J connectivity index is 1.84. The Hall–Kier alpha value is -1.83. The SMILES string of the molecule is CC(C)[C@@H]1CC[C@@H](C)C[C@H]1NC(=O)c1cccc2ccccc12. The summed E-state index contributed by atoms with van der Waals surface area (Å²) < 4.78 is 0. The number of hydrogen-bond acceptors (Lipinski definition) is 1. The zero-order chi connectivity index (χ0) is 16.4. The Labute approximate surface area is 139 Å². The van der Waals surface area contributed by atoms with E-state index in [9.17, 15) is 4.79 Å². The van der Waals surface area contributed by atoms with Crippen LogP contribution in [0.2, 0.25) is 0 Å². The predicted molar refractivity (Wildman–Crippen MR) is 96.5 cm³/mol. The summed E-state index contributed by atoms with van der Waals surface area (Å²) in [5.41, 5.74) is 0.795. The highest BCUT2D eigenvalue weighted by Crippen LogP contribution is 2.33. The zero-order valence-corrected chi connectivity index (χ0v) is 14.4. The van der Waals surface area contributed by atoms with Gasteiger partial charge in [0.05, 0.1) is 0 Å². The van der Waals surface area contributed by atoms with Gasteiger partial charge in [-0.1, -0.05) is 63.6 Å². The predicted octanol–water partition coefficient (Wildman–Crippen LogP) is 5.03. The Kier molecular flexibility index (Phi) is 4.70. The van der Waals surface area contributed by atoms with Crippen LogP contribution in [0.15, 0.2) is 42.5 Å². The van der Waals surface area contributed by atoms with E-state index in [1.807, 2.05) is 30.3 Å². The van der Waals surface area contributed by atoms with Gasteiger partial charge in [-0.05, 0) is 47.4 Å². The average molecular weight is 309 g/mol. The lowest BCUT2D eigenvalue weighted by atomic mass is 9.74. The topological polar surface area (TPSA) is 29.1 Å². The number of nitrogens with one attached hydrogen (secondary N) is 1. The first-order valence-corrected chi connectivity index (χ1v) is 8.85. The second-order valence-corrected chi connectivity index (χ2v) is 7.43. The molecule has 0 spiro atoms. The van der Waals surface area contributed by atoms with Crippen molar-refractivity contribution in [3.63, 3.8) is 0 Å². The van der Waals surface area contributed by atoms with E-state index in [1.165, 1.54) is 12.8 Å². The molecular weight excluding hydrogens is 282 g/mol. The van der Waals surface area contributed by atoms with Gasteiger partial charge in [-0.3, -0.25) is 4.79 Å². The number of fused-ring (bicyclic) bond motifs is 1. The van der Waals surface area contributed by atoms with Crippen molar-refractivity contribution in [2.75, 3.05) is 0 Å². The first-order valence-electron chi connectivity index (χ1n) is 8.85. The molecule has 122 valence electrons. The summed E-state index contributed by atoms with van der Waals surface area (Å²) in [6.07, 6.45) is 3.60. The molecule has 0 aromatic heterocycles. The van der Waals surface area contributed by atoms with Gasteiger partial charge in [0.25, 0.3) is 5.91 Å². The number of rotatable bonds is 3. The fraction of sp³-hybridized carbons (Fsp3) is 0.476. The molecular formula is C21H27NO. The summed E-state index contributed by atoms with van der Waals surface area (Å²) >= 11 is 0. The summed E-state index contributed by atoms with van der Waals surface area (Å²) in [5, 5.41) is 5.51. The normalized spacial score (nSPS) is 24.8. The highest BCUT2D eigenvalue weighted by molar-refractivity contribution is 6.07. The molecule has 2 nitrogen and oxygen atoms in total. The molecule has 1 aliphatic rings. The smallest absolute Gasteiger partial charge is 0.252 e. The molecule has 0 aliphatic heterocycles. The average Bonchev–Trinajstić information content (AvgIpc) is 2.54. The number of amides is 1. The lowest BCUT2D eigenvalue weighted by Gasteiger charge is -2.37. The molecule has 23 heavy (non-hydrogen) atoms. The molecule has 0 saturated heterocycles. The molecule has 3 rings (SSSR count). The fourth-order valence-electron chi connectivity index (χ4n) is 4.04. The van der Waals surface area contributed by atoms with E-state index in [0.717, 1.165) is 22.8 Å². The lowest BCUT2D eigenvalue weighted by molar-refractivity contribution is 0.0869. The third kappa shape index (κ3) is 3.41. The maximum atomic E-state index is 12.9. The quantitative estimate of drug-likeness (QED) is 0.846. The van der Waals surface area contributed by atoms with Crippen molar-refractivity contribution in [2.24, 2.45) is 17.8 Å². The van der Waals surface area contributed by atoms with Gasteiger partial charge in [0.1, 0.15) is 0 Å². The van der Waals surface area contributed by atoms with Gasteiger partial charge >= 0.3 is 0 Å². The zero-order valence-electron chi connectivity index (χ0n) is 14.4. The second kappa shape index (κ2) is 6.74. The van der Waals surface area contributed by atoms with E-state index in [1.54, 1.807) is 0 Å². The summed E-state index contributed by atoms with van der Waals surface area (Å²) in [6.45, 7) is 6.85. The van der Waals surface area contributed by atoms with Gasteiger partial charge < -0.3 is 5.32 Å². The number of carbonyl (C=O) groups is 1. The van der Waals surface area contributed by atoms with E-state index >= 15 is 0 Å². The molecule has 3 atom stereocenters. The summed E-state index contributed by atoms with van der Waals surface area (Å²) in [4.78, 5) is 12.9. The maximum absolute atomic E-state index is 12.9. The molecule has 0 unspecified atom stereocenters. The van der Waals surface area contributed by atoms with Gasteiger partial charge in [-0.2, -0.15) is 0 Å². The minimum atomic E-state index is 0.0755. The van der Waals surface area contributed by atoms with Crippen LogP contribution < -0.4 is 5.32 Å². The van der Waals surface area contributed by atoms with E-state index in [4.69, 9.17) is 0 Å². The van der Waals surface area contributed by atoms with Gasteiger partial charge in [0, 0.05) is 11.6 Å². The van der Waals surface area contributed by atoms with Crippen molar-refractivity contribution in [3.05, 3.63) is 48.0 Å². The molecule has 1 N–H and O–H groups in total. The van der Waals surface area contributed by atoms with E-state index in [2.05, 4.69) is 38.2 Å². The van der Waals surface area contributed by atoms with Crippen LogP contribution >= 0.6 is 0 Å². The number of carbonyl (C=O) groups excluding carboxylic acids is 1. The third-order valence-electron chi connectivity index (χ3n) is 5.37. The number of benzene rings is 2. The molecule has 2 heteroatoms. The molecule has 2 aromatic rings. The Morgan fingerprint density at radius 1 is 1.09 bits per heavy atom. The van der Waals surface area contributed by atoms with Crippen molar-refractivity contribution >= 4 is 16.7 Å². The highest BCUT2D eigenvalue weighted by Gasteiger charge is 2.32. The van der Waals surface area contributed by atoms with Crippen molar-refractivity contribution in [1.29, 1.82) is 0 Å². The largest absolute Gasteiger partial charge is 0.349 e. The summed E-state index contributed by atoms with van der Waals surface area (Å²) in [5.74, 6) is 1.97. The molecule has 1 aliphatic carbocycles. The van der Waals surface area contributed by atoms with Crippen LogP contribution in [-0.4, -0.2) is 11.9 Å². The van der Waals surface area contributed by atoms with Crippen molar-refractivity contribution in [2.45, 2.75) is 46.1 Å². The monoisotopic (exact) mass is 309 g/mol. The molecule has 1 saturated carbocycles. The minimum Gasteiger partial charge on any atom is -0.349 e. The van der Waals surface area contributed by atoms with Crippen LogP contribution in [0.5, 0.6) is 0 Å². The molecule has 0 radical (unpaired) electrons. The van der Waals surface area contributed by atoms with Crippen molar-refractivity contribution < 1.29 is 4.79 Å². The lowest BCUT2D eigenvalue weighted by Crippen LogP contribution is -2.45. The van der Waals surface area contributed by atoms with Gasteiger partial charge in [-0.25, -0.2) is 0 Å². The van der Waals surface area contributed by atoms with Gasteiger partial charge in [0.2, 0.25) is 0 Å². The minimum absolute atomic E-state index is 0.0755. The Morgan fingerprint density at radius 3 is 2.61 bits per heavy atom. The highest BCUT2D eigenvalue weighted by atomic mass is 16.1. The Morgan fingerprint density at radius 2 is 1.83 bits per heavy atom. The van der Waals surface area contributed by atoms with Gasteiger partial charge in [0.15, 0.2) is 0 Å². The Bertz CT molecular complexity index is 686. The van der Waals surface area contributed by atoms with Crippen molar-refractivity contribution in [1.82, 2.24) is 5.32 Å². The van der Waals surface area contributed by atoms with Crippen LogP contribution in [0.25, 0.3) is 10.8 Å². The summed E-state index contributed by atoms with van der Waals surface area (Å²) in [7, 11) is 0. The maximum Gasteiger partial charge on any atom is 0.252 e. The molecule has 1 fully saturated rings. The van der Waals surface area contributed by atoms with Crippen LogP contribution in [-0.2, 0) is 0 Å². The van der Waals surface area contributed by atoms with Crippen LogP contribution in [0.3, 0.4) is 0 Å². The van der Waals surface area contributed by atoms with Crippen molar-refractivity contribution in [3.8, 4) is 0 Å². The fourth-order valence-corrected chi connectivity index (χ4v) is 4.04. The van der Waals surface area contributed by atoms with Gasteiger partial charge in [-0.15, -0.1) is 0 Å². The molecule has 0 heterocycles. The first-order chi connectivity index (χ1) is 11.1. The van der Waals surface area contributed by atoms with E-state index in [0.29, 0.717) is 23.8 Å². The van der Waals surface area contributed by atoms with Crippen LogP contribution in [0, 0.1) is 17.8 Å². The van der Waals surface area contributed by atoms with E-state index < -0.39 is 0 Å². The molecule has 0 bridgehead atoms. The molecule has 1 amide bonds. The van der Waals surface area contributed by atoms with Crippen LogP contribution in [0.1, 0.15) is 50.4 Å². The molecule has 2 aromatic carbocycles. The standard InChI is InChI=1S/C21H27NO/c1-14(2)17-12-11-15(3)13-20(17)22-21(23)19-10-6-8-16-7-4-5-9-18(16)19/h4-10,14-15,17,20H,11-13H2,1-3H3,(H,22,23)/t15-,17+,20-/m1/s1. The summed E-state index contributed by atoms with van der Waals surface area (Å²) in [6, 6.07) is 14.4. The number of hydrogen-bond donors (Lipinski definition) is 1. The van der Waals surface area contributed by atoms with E-state index in [-0.39, 0.29) is 5.91 Å². The third-order valence-corrected chi connectivity index (χ3v) is 5.37. The van der Waals surface area contributed by atoms with Crippen LogP contribution in [0.4, 0.5) is 0 Å². The second-order valence-electron chi connectivity index (χ2n) is 7.43.